The Kier molecular flexibility index (Phi) is 6.42. The van der Waals surface area contributed by atoms with Gasteiger partial charge in [-0.05, 0) is 44.4 Å². The summed E-state index contributed by atoms with van der Waals surface area (Å²) in [5, 5.41) is 18.9. The molecule has 1 atom stereocenters. The SMILES string of the molecule is CCCC(C)(C)OC(=O)C(Cc1ccc(O)c(OC)c1)C(=O)O. The maximum atomic E-state index is 12.2. The van der Waals surface area contributed by atoms with Gasteiger partial charge in [-0.1, -0.05) is 19.4 Å². The number of rotatable bonds is 8. The number of hydrogen-bond donors (Lipinski definition) is 2. The second kappa shape index (κ2) is 7.85. The number of ether oxygens (including phenoxy) is 2. The quantitative estimate of drug-likeness (QED) is 0.564. The zero-order valence-corrected chi connectivity index (χ0v) is 14.0. The van der Waals surface area contributed by atoms with Crippen molar-refractivity contribution in [2.45, 2.75) is 45.6 Å². The van der Waals surface area contributed by atoms with Gasteiger partial charge < -0.3 is 19.7 Å². The second-order valence-electron chi connectivity index (χ2n) is 6.03. The fourth-order valence-electron chi connectivity index (χ4n) is 2.35. The van der Waals surface area contributed by atoms with E-state index in [-0.39, 0.29) is 17.9 Å². The number of hydrogen-bond acceptors (Lipinski definition) is 5. The summed E-state index contributed by atoms with van der Waals surface area (Å²) in [6.07, 6.45) is 1.44. The van der Waals surface area contributed by atoms with Gasteiger partial charge in [0.1, 0.15) is 5.60 Å². The standard InChI is InChI=1S/C17H24O6/c1-5-8-17(2,3)23-16(21)12(15(19)20)9-11-6-7-13(18)14(10-11)22-4/h6-7,10,12,18H,5,8-9H2,1-4H3,(H,19,20). The molecule has 0 aliphatic heterocycles. The molecule has 6 heteroatoms. The number of esters is 1. The van der Waals surface area contributed by atoms with Gasteiger partial charge in [0.15, 0.2) is 17.4 Å². The highest BCUT2D eigenvalue weighted by Gasteiger charge is 2.32. The van der Waals surface area contributed by atoms with Crippen LogP contribution >= 0.6 is 0 Å². The molecule has 1 aromatic carbocycles. The van der Waals surface area contributed by atoms with Crippen LogP contribution in [-0.4, -0.2) is 34.9 Å². The fourth-order valence-corrected chi connectivity index (χ4v) is 2.35. The van der Waals surface area contributed by atoms with Crippen LogP contribution in [0.3, 0.4) is 0 Å². The lowest BCUT2D eigenvalue weighted by atomic mass is 9.98. The van der Waals surface area contributed by atoms with Gasteiger partial charge in [0.05, 0.1) is 7.11 Å². The minimum atomic E-state index is -1.31. The van der Waals surface area contributed by atoms with Crippen LogP contribution in [0.15, 0.2) is 18.2 Å². The highest BCUT2D eigenvalue weighted by molar-refractivity contribution is 5.94. The van der Waals surface area contributed by atoms with Gasteiger partial charge in [0.25, 0.3) is 0 Å². The van der Waals surface area contributed by atoms with Crippen molar-refractivity contribution in [1.29, 1.82) is 0 Å². The third-order valence-corrected chi connectivity index (χ3v) is 3.50. The van der Waals surface area contributed by atoms with Crippen LogP contribution in [0.1, 0.15) is 39.2 Å². The second-order valence-corrected chi connectivity index (χ2v) is 6.03. The van der Waals surface area contributed by atoms with Gasteiger partial charge in [-0.15, -0.1) is 0 Å². The van der Waals surface area contributed by atoms with E-state index < -0.39 is 23.5 Å². The topological polar surface area (TPSA) is 93.1 Å². The van der Waals surface area contributed by atoms with E-state index in [1.807, 2.05) is 6.92 Å². The molecule has 6 nitrogen and oxygen atoms in total. The molecule has 0 saturated carbocycles. The number of carbonyl (C=O) groups is 2. The van der Waals surface area contributed by atoms with Crippen LogP contribution in [0, 0.1) is 5.92 Å². The Morgan fingerprint density at radius 1 is 1.30 bits per heavy atom. The molecule has 1 aromatic rings. The Morgan fingerprint density at radius 2 is 1.96 bits per heavy atom. The smallest absolute Gasteiger partial charge is 0.321 e. The van der Waals surface area contributed by atoms with Gasteiger partial charge in [-0.2, -0.15) is 0 Å². The van der Waals surface area contributed by atoms with Gasteiger partial charge in [0.2, 0.25) is 0 Å². The van der Waals surface area contributed by atoms with Crippen molar-refractivity contribution in [2.75, 3.05) is 7.11 Å². The molecule has 0 aliphatic rings. The van der Waals surface area contributed by atoms with Crippen molar-refractivity contribution in [3.05, 3.63) is 23.8 Å². The van der Waals surface area contributed by atoms with Crippen LogP contribution in [0.4, 0.5) is 0 Å². The van der Waals surface area contributed by atoms with E-state index in [2.05, 4.69) is 0 Å². The molecule has 0 saturated heterocycles. The summed E-state index contributed by atoms with van der Waals surface area (Å²) in [5.74, 6) is -3.13. The Balaban J connectivity index is 2.91. The van der Waals surface area contributed by atoms with E-state index in [1.165, 1.54) is 19.2 Å². The van der Waals surface area contributed by atoms with Gasteiger partial charge in [0, 0.05) is 0 Å². The van der Waals surface area contributed by atoms with Crippen LogP contribution in [0.2, 0.25) is 0 Å². The summed E-state index contributed by atoms with van der Waals surface area (Å²) < 4.78 is 10.3. The number of phenolic OH excluding ortho intramolecular Hbond substituents is 1. The largest absolute Gasteiger partial charge is 0.504 e. The molecular weight excluding hydrogens is 300 g/mol. The number of carboxylic acids is 1. The first kappa shape index (κ1) is 18.8. The van der Waals surface area contributed by atoms with E-state index in [0.29, 0.717) is 12.0 Å². The minimum Gasteiger partial charge on any atom is -0.504 e. The van der Waals surface area contributed by atoms with Crippen molar-refractivity contribution in [3.8, 4) is 11.5 Å². The first-order valence-electron chi connectivity index (χ1n) is 7.51. The number of aromatic hydroxyl groups is 1. The lowest BCUT2D eigenvalue weighted by Gasteiger charge is -2.26. The Hall–Kier alpha value is -2.24. The van der Waals surface area contributed by atoms with Gasteiger partial charge >= 0.3 is 11.9 Å². The van der Waals surface area contributed by atoms with E-state index in [0.717, 1.165) is 6.42 Å². The molecule has 0 spiro atoms. The molecule has 0 amide bonds. The molecule has 0 aliphatic carbocycles. The van der Waals surface area contributed by atoms with Crippen molar-refractivity contribution >= 4 is 11.9 Å². The number of methoxy groups -OCH3 is 1. The number of aliphatic carboxylic acids is 1. The van der Waals surface area contributed by atoms with Crippen molar-refractivity contribution in [2.24, 2.45) is 5.92 Å². The molecule has 2 N–H and O–H groups in total. The highest BCUT2D eigenvalue weighted by Crippen LogP contribution is 2.28. The molecule has 1 unspecified atom stereocenters. The molecule has 0 fully saturated rings. The predicted octanol–water partition coefficient (Wildman–Crippen LogP) is 2.77. The maximum absolute atomic E-state index is 12.2. The third kappa shape index (κ3) is 5.47. The zero-order chi connectivity index (χ0) is 17.6. The molecule has 0 radical (unpaired) electrons. The number of carbonyl (C=O) groups excluding carboxylic acids is 1. The summed E-state index contributed by atoms with van der Waals surface area (Å²) in [7, 11) is 1.40. The van der Waals surface area contributed by atoms with Gasteiger partial charge in [-0.25, -0.2) is 0 Å². The Bertz CT molecular complexity index is 564. The zero-order valence-electron chi connectivity index (χ0n) is 14.0. The van der Waals surface area contributed by atoms with Crippen LogP contribution in [0.25, 0.3) is 0 Å². The van der Waals surface area contributed by atoms with E-state index in [9.17, 15) is 19.8 Å². The summed E-state index contributed by atoms with van der Waals surface area (Å²) in [5.41, 5.74) is -0.135. The monoisotopic (exact) mass is 324 g/mol. The lowest BCUT2D eigenvalue weighted by molar-refractivity contribution is -0.168. The molecule has 1 rings (SSSR count). The average molecular weight is 324 g/mol. The molecule has 23 heavy (non-hydrogen) atoms. The van der Waals surface area contributed by atoms with Crippen LogP contribution < -0.4 is 4.74 Å². The minimum absolute atomic E-state index is 0.0347. The van der Waals surface area contributed by atoms with Crippen molar-refractivity contribution in [1.82, 2.24) is 0 Å². The molecule has 0 heterocycles. The summed E-state index contributed by atoms with van der Waals surface area (Å²) in [6, 6.07) is 4.47. The fraction of sp³-hybridized carbons (Fsp3) is 0.529. The normalized spacial score (nSPS) is 12.5. The molecular formula is C17H24O6. The van der Waals surface area contributed by atoms with E-state index in [4.69, 9.17) is 9.47 Å². The maximum Gasteiger partial charge on any atom is 0.321 e. The summed E-state index contributed by atoms with van der Waals surface area (Å²) in [4.78, 5) is 23.6. The number of phenols is 1. The molecule has 0 bridgehead atoms. The Labute approximate surface area is 136 Å². The third-order valence-electron chi connectivity index (χ3n) is 3.50. The molecule has 0 aromatic heterocycles. The van der Waals surface area contributed by atoms with E-state index in [1.54, 1.807) is 19.9 Å². The first-order chi connectivity index (χ1) is 10.7. The average Bonchev–Trinajstić information content (AvgIpc) is 2.45. The van der Waals surface area contributed by atoms with Crippen molar-refractivity contribution in [3.63, 3.8) is 0 Å². The number of benzene rings is 1. The highest BCUT2D eigenvalue weighted by atomic mass is 16.6. The predicted molar refractivity (Wildman–Crippen MR) is 84.6 cm³/mol. The molecule has 128 valence electrons. The lowest BCUT2D eigenvalue weighted by Crippen LogP contribution is -2.35. The summed E-state index contributed by atoms with van der Waals surface area (Å²) >= 11 is 0. The van der Waals surface area contributed by atoms with E-state index >= 15 is 0 Å². The van der Waals surface area contributed by atoms with Gasteiger partial charge in [-0.3, -0.25) is 9.59 Å². The summed E-state index contributed by atoms with van der Waals surface area (Å²) in [6.45, 7) is 5.49. The van der Waals surface area contributed by atoms with Crippen LogP contribution in [-0.2, 0) is 20.7 Å². The van der Waals surface area contributed by atoms with Crippen LogP contribution in [0.5, 0.6) is 11.5 Å². The number of carboxylic acid groups (broad SMARTS) is 1. The van der Waals surface area contributed by atoms with Crippen molar-refractivity contribution < 1.29 is 29.3 Å². The Morgan fingerprint density at radius 3 is 2.48 bits per heavy atom. The first-order valence-corrected chi connectivity index (χ1v) is 7.51.